The Bertz CT molecular complexity index is 1420. The summed E-state index contributed by atoms with van der Waals surface area (Å²) in [5, 5.41) is 3.68. The fourth-order valence-corrected chi connectivity index (χ4v) is 6.51. The molecule has 0 heterocycles. The second-order valence-electron chi connectivity index (χ2n) is 8.46. The van der Waals surface area contributed by atoms with E-state index in [1.165, 1.54) is 35.2 Å². The Morgan fingerprint density at radius 1 is 0.872 bits per heavy atom. The Hall–Kier alpha value is -2.49. The van der Waals surface area contributed by atoms with E-state index in [1.54, 1.807) is 50.2 Å². The van der Waals surface area contributed by atoms with Gasteiger partial charge < -0.3 is 10.2 Å². The van der Waals surface area contributed by atoms with Gasteiger partial charge in [0.2, 0.25) is 11.8 Å². The third kappa shape index (κ3) is 7.38. The van der Waals surface area contributed by atoms with Crippen molar-refractivity contribution < 1.29 is 18.0 Å². The second-order valence-corrected chi connectivity index (χ2v) is 12.0. The average molecular weight is 631 g/mol. The van der Waals surface area contributed by atoms with Crippen molar-refractivity contribution in [3.05, 3.63) is 92.4 Å². The molecule has 1 atom stereocenters. The number of hydrogen-bond donors (Lipinski definition) is 1. The first kappa shape index (κ1) is 31.0. The summed E-state index contributed by atoms with van der Waals surface area (Å²) >= 11 is 25.3. The van der Waals surface area contributed by atoms with Gasteiger partial charge in [-0.05, 0) is 55.8 Å². The molecule has 0 aliphatic heterocycles. The van der Waals surface area contributed by atoms with E-state index >= 15 is 0 Å². The van der Waals surface area contributed by atoms with Crippen molar-refractivity contribution in [3.8, 4) is 0 Å². The highest BCUT2D eigenvalue weighted by molar-refractivity contribution is 7.92. The van der Waals surface area contributed by atoms with Gasteiger partial charge >= 0.3 is 0 Å². The number of benzene rings is 3. The summed E-state index contributed by atoms with van der Waals surface area (Å²) < 4.78 is 28.5. The molecule has 3 rings (SSSR count). The lowest BCUT2D eigenvalue weighted by molar-refractivity contribution is -0.140. The highest BCUT2D eigenvalue weighted by atomic mass is 35.5. The number of likely N-dealkylation sites (N-methyl/N-ethyl adjacent to an activating group) is 1. The maximum absolute atomic E-state index is 14.0. The van der Waals surface area contributed by atoms with Gasteiger partial charge in [0.1, 0.15) is 12.6 Å². The second kappa shape index (κ2) is 13.7. The van der Waals surface area contributed by atoms with Crippen LogP contribution in [0.3, 0.4) is 0 Å². The lowest BCUT2D eigenvalue weighted by Gasteiger charge is -2.33. The summed E-state index contributed by atoms with van der Waals surface area (Å²) in [6.07, 6.45) is 0.257. The molecule has 3 aromatic carbocycles. The molecule has 0 unspecified atom stereocenters. The zero-order chi connectivity index (χ0) is 28.7. The van der Waals surface area contributed by atoms with Crippen molar-refractivity contribution in [3.63, 3.8) is 0 Å². The predicted molar refractivity (Wildman–Crippen MR) is 157 cm³/mol. The minimum absolute atomic E-state index is 0.0336. The summed E-state index contributed by atoms with van der Waals surface area (Å²) in [7, 11) is -4.26. The van der Waals surface area contributed by atoms with Crippen LogP contribution in [0.4, 0.5) is 5.69 Å². The van der Waals surface area contributed by atoms with Gasteiger partial charge in [0.15, 0.2) is 0 Å². The van der Waals surface area contributed by atoms with Crippen LogP contribution < -0.4 is 9.62 Å². The van der Waals surface area contributed by atoms with Crippen molar-refractivity contribution in [2.75, 3.05) is 17.4 Å². The first-order valence-corrected chi connectivity index (χ1v) is 15.0. The number of anilines is 1. The van der Waals surface area contributed by atoms with E-state index in [2.05, 4.69) is 5.32 Å². The van der Waals surface area contributed by atoms with Crippen molar-refractivity contribution in [1.82, 2.24) is 10.2 Å². The fourth-order valence-electron chi connectivity index (χ4n) is 3.98. The van der Waals surface area contributed by atoms with E-state index in [9.17, 15) is 18.0 Å². The van der Waals surface area contributed by atoms with Crippen LogP contribution >= 0.6 is 46.4 Å². The van der Waals surface area contributed by atoms with Crippen molar-refractivity contribution in [2.24, 2.45) is 0 Å². The summed E-state index contributed by atoms with van der Waals surface area (Å²) in [5.41, 5.74) is 0.485. The molecule has 0 fully saturated rings. The number of hydrogen-bond acceptors (Lipinski definition) is 4. The number of carbonyl (C=O) groups excluding carboxylic acids is 2. The monoisotopic (exact) mass is 629 g/mol. The Morgan fingerprint density at radius 3 is 2.08 bits per heavy atom. The van der Waals surface area contributed by atoms with Gasteiger partial charge in [-0.3, -0.25) is 13.9 Å². The maximum atomic E-state index is 14.0. The molecule has 0 spiro atoms. The van der Waals surface area contributed by atoms with Gasteiger partial charge in [-0.2, -0.15) is 0 Å². The van der Waals surface area contributed by atoms with Crippen LogP contribution in [-0.4, -0.2) is 44.3 Å². The number of nitrogens with zero attached hydrogens (tertiary/aromatic N) is 2. The third-order valence-corrected chi connectivity index (χ3v) is 8.94. The maximum Gasteiger partial charge on any atom is 0.264 e. The standard InChI is InChI=1S/C27H27Cl4N3O4S/c1-3-24(27(36)32-4-2)33(16-20-21(29)11-8-12-22(20)30)26(35)17-34(25-14-13-18(28)15-23(25)31)39(37,38)19-9-6-5-7-10-19/h5-15,24H,3-4,16-17H2,1-2H3,(H,32,36)/t24-/m0/s1. The quantitative estimate of drug-likeness (QED) is 0.264. The topological polar surface area (TPSA) is 86.8 Å². The van der Waals surface area contributed by atoms with Gasteiger partial charge in [-0.1, -0.05) is 77.6 Å². The smallest absolute Gasteiger partial charge is 0.264 e. The van der Waals surface area contributed by atoms with Crippen LogP contribution in [0.2, 0.25) is 20.1 Å². The van der Waals surface area contributed by atoms with E-state index in [1.807, 2.05) is 0 Å². The fraction of sp³-hybridized carbons (Fsp3) is 0.259. The molecule has 3 aromatic rings. The van der Waals surface area contributed by atoms with E-state index in [4.69, 9.17) is 46.4 Å². The predicted octanol–water partition coefficient (Wildman–Crippen LogP) is 6.44. The molecule has 39 heavy (non-hydrogen) atoms. The van der Waals surface area contributed by atoms with E-state index in [0.717, 1.165) is 4.31 Å². The van der Waals surface area contributed by atoms with Crippen LogP contribution in [0, 0.1) is 0 Å². The number of nitrogens with one attached hydrogen (secondary N) is 1. The normalized spacial score (nSPS) is 12.1. The molecule has 1 N–H and O–H groups in total. The molecular formula is C27H27Cl4N3O4S. The summed E-state index contributed by atoms with van der Waals surface area (Å²) in [5.74, 6) is -1.05. The molecular weight excluding hydrogens is 604 g/mol. The molecule has 2 amide bonds. The van der Waals surface area contributed by atoms with Crippen molar-refractivity contribution in [1.29, 1.82) is 0 Å². The molecule has 7 nitrogen and oxygen atoms in total. The largest absolute Gasteiger partial charge is 0.355 e. The van der Waals surface area contributed by atoms with Crippen LogP contribution in [0.15, 0.2) is 71.6 Å². The number of sulfonamides is 1. The number of halogens is 4. The average Bonchev–Trinajstić information content (AvgIpc) is 2.89. The Kier molecular flexibility index (Phi) is 10.9. The van der Waals surface area contributed by atoms with Crippen LogP contribution in [0.1, 0.15) is 25.8 Å². The van der Waals surface area contributed by atoms with Gasteiger partial charge in [0.25, 0.3) is 10.0 Å². The lowest BCUT2D eigenvalue weighted by atomic mass is 10.1. The molecule has 0 aliphatic rings. The highest BCUT2D eigenvalue weighted by Crippen LogP contribution is 2.33. The number of carbonyl (C=O) groups is 2. The molecule has 0 bridgehead atoms. The van der Waals surface area contributed by atoms with E-state index < -0.39 is 34.4 Å². The lowest BCUT2D eigenvalue weighted by Crippen LogP contribution is -2.52. The highest BCUT2D eigenvalue weighted by Gasteiger charge is 2.34. The molecule has 0 aliphatic carbocycles. The zero-order valence-corrected chi connectivity index (χ0v) is 25.0. The van der Waals surface area contributed by atoms with E-state index in [0.29, 0.717) is 27.2 Å². The molecule has 0 aromatic heterocycles. The summed E-state index contributed by atoms with van der Waals surface area (Å²) in [6, 6.07) is 15.9. The molecule has 12 heteroatoms. The first-order chi connectivity index (χ1) is 18.5. The summed E-state index contributed by atoms with van der Waals surface area (Å²) in [6.45, 7) is 3.08. The Labute approximate surface area is 248 Å². The minimum Gasteiger partial charge on any atom is -0.355 e. The van der Waals surface area contributed by atoms with Crippen LogP contribution in [-0.2, 0) is 26.2 Å². The summed E-state index contributed by atoms with van der Waals surface area (Å²) in [4.78, 5) is 28.3. The first-order valence-electron chi connectivity index (χ1n) is 12.0. The Morgan fingerprint density at radius 2 is 1.51 bits per heavy atom. The van der Waals surface area contributed by atoms with E-state index in [-0.39, 0.29) is 28.6 Å². The number of amides is 2. The molecule has 0 saturated heterocycles. The third-order valence-electron chi connectivity index (χ3n) is 5.92. The van der Waals surface area contributed by atoms with Crippen molar-refractivity contribution >= 4 is 73.9 Å². The van der Waals surface area contributed by atoms with Crippen LogP contribution in [0.5, 0.6) is 0 Å². The van der Waals surface area contributed by atoms with Crippen molar-refractivity contribution in [2.45, 2.75) is 37.8 Å². The van der Waals surface area contributed by atoms with Gasteiger partial charge in [0.05, 0.1) is 15.6 Å². The SMILES string of the molecule is CCNC(=O)[C@H](CC)N(Cc1c(Cl)cccc1Cl)C(=O)CN(c1ccc(Cl)cc1Cl)S(=O)(=O)c1ccccc1. The molecule has 0 saturated carbocycles. The zero-order valence-electron chi connectivity index (χ0n) is 21.2. The van der Waals surface area contributed by atoms with Gasteiger partial charge in [0, 0.05) is 33.7 Å². The molecule has 0 radical (unpaired) electrons. The van der Waals surface area contributed by atoms with Gasteiger partial charge in [-0.25, -0.2) is 8.42 Å². The minimum atomic E-state index is -4.26. The van der Waals surface area contributed by atoms with Gasteiger partial charge in [-0.15, -0.1) is 0 Å². The Balaban J connectivity index is 2.12. The number of rotatable bonds is 11. The molecule has 208 valence electrons. The van der Waals surface area contributed by atoms with Crippen LogP contribution in [0.25, 0.3) is 0 Å².